The van der Waals surface area contributed by atoms with Crippen LogP contribution in [0.25, 0.3) is 0 Å². The minimum absolute atomic E-state index is 0.384. The molecule has 4 nitrogen and oxygen atoms in total. The molecule has 1 saturated carbocycles. The van der Waals surface area contributed by atoms with Crippen molar-refractivity contribution in [1.29, 1.82) is 0 Å². The molecule has 2 aromatic rings. The van der Waals surface area contributed by atoms with Crippen LogP contribution in [-0.4, -0.2) is 11.9 Å². The molecule has 1 aliphatic rings. The number of benzene rings is 2. The first-order valence-electron chi connectivity index (χ1n) is 12.2. The highest BCUT2D eigenvalue weighted by Crippen LogP contribution is 2.37. The van der Waals surface area contributed by atoms with E-state index in [-0.39, 0.29) is 11.9 Å². The van der Waals surface area contributed by atoms with Gasteiger partial charge in [-0.25, -0.2) is 4.79 Å². The second-order valence-electron chi connectivity index (χ2n) is 9.00. The van der Waals surface area contributed by atoms with Crippen LogP contribution in [0.2, 0.25) is 0 Å². The zero-order valence-electron chi connectivity index (χ0n) is 19.5. The molecule has 4 heteroatoms. The maximum atomic E-state index is 12.5. The molecular formula is C28H36O4. The monoisotopic (exact) mass is 436 g/mol. The van der Waals surface area contributed by atoms with Crippen molar-refractivity contribution in [3.63, 3.8) is 0 Å². The summed E-state index contributed by atoms with van der Waals surface area (Å²) >= 11 is 0. The molecule has 0 radical (unpaired) electrons. The van der Waals surface area contributed by atoms with Gasteiger partial charge in [-0.3, -0.25) is 4.79 Å². The van der Waals surface area contributed by atoms with E-state index in [0.717, 1.165) is 5.92 Å². The lowest BCUT2D eigenvalue weighted by atomic mass is 9.77. The highest BCUT2D eigenvalue weighted by Gasteiger charge is 2.22. The zero-order chi connectivity index (χ0) is 22.8. The average molecular weight is 437 g/mol. The zero-order valence-corrected chi connectivity index (χ0v) is 19.5. The maximum Gasteiger partial charge on any atom is 0.343 e. The molecule has 0 aliphatic heterocycles. The molecule has 0 atom stereocenters. The molecule has 2 aromatic carbocycles. The predicted octanol–water partition coefficient (Wildman–Crippen LogP) is 7.47. The van der Waals surface area contributed by atoms with Gasteiger partial charge in [0, 0.05) is 6.92 Å². The molecule has 0 bridgehead atoms. The van der Waals surface area contributed by atoms with Crippen LogP contribution in [0.4, 0.5) is 0 Å². The van der Waals surface area contributed by atoms with Gasteiger partial charge in [-0.1, -0.05) is 57.6 Å². The lowest BCUT2D eigenvalue weighted by molar-refractivity contribution is -0.131. The van der Waals surface area contributed by atoms with Crippen molar-refractivity contribution in [3.05, 3.63) is 59.7 Å². The van der Waals surface area contributed by atoms with Crippen LogP contribution in [0.1, 0.15) is 99.9 Å². The van der Waals surface area contributed by atoms with Crippen molar-refractivity contribution in [2.75, 3.05) is 0 Å². The Morgan fingerprint density at radius 1 is 0.781 bits per heavy atom. The third-order valence-electron chi connectivity index (χ3n) is 6.48. The summed E-state index contributed by atoms with van der Waals surface area (Å²) in [7, 11) is 0. The Morgan fingerprint density at radius 3 is 1.97 bits per heavy atom. The fourth-order valence-corrected chi connectivity index (χ4v) is 4.62. The van der Waals surface area contributed by atoms with Crippen molar-refractivity contribution in [1.82, 2.24) is 0 Å². The lowest BCUT2D eigenvalue weighted by Crippen LogP contribution is -2.14. The molecule has 1 aliphatic carbocycles. The van der Waals surface area contributed by atoms with Gasteiger partial charge in [0.05, 0.1) is 5.56 Å². The number of carbonyl (C=O) groups excluding carboxylic acids is 2. The van der Waals surface area contributed by atoms with E-state index in [2.05, 4.69) is 19.1 Å². The highest BCUT2D eigenvalue weighted by molar-refractivity contribution is 5.91. The fraction of sp³-hybridized carbons (Fsp3) is 0.500. The van der Waals surface area contributed by atoms with E-state index in [1.54, 1.807) is 24.3 Å². The first-order valence-corrected chi connectivity index (χ1v) is 12.2. The first-order chi connectivity index (χ1) is 15.5. The molecule has 0 spiro atoms. The van der Waals surface area contributed by atoms with Crippen LogP contribution >= 0.6 is 0 Å². The van der Waals surface area contributed by atoms with Crippen molar-refractivity contribution in [2.45, 2.75) is 84.0 Å². The number of hydrogen-bond donors (Lipinski definition) is 0. The van der Waals surface area contributed by atoms with Gasteiger partial charge in [-0.05, 0) is 79.5 Å². The third kappa shape index (κ3) is 7.51. The third-order valence-corrected chi connectivity index (χ3v) is 6.48. The van der Waals surface area contributed by atoms with E-state index < -0.39 is 0 Å². The second-order valence-corrected chi connectivity index (χ2v) is 9.00. The molecule has 172 valence electrons. The predicted molar refractivity (Wildman–Crippen MR) is 127 cm³/mol. The second kappa shape index (κ2) is 12.4. The van der Waals surface area contributed by atoms with E-state index in [9.17, 15) is 9.59 Å². The van der Waals surface area contributed by atoms with Crippen molar-refractivity contribution in [2.24, 2.45) is 5.92 Å². The Hall–Kier alpha value is -2.62. The van der Waals surface area contributed by atoms with Gasteiger partial charge in [0.15, 0.2) is 0 Å². The van der Waals surface area contributed by atoms with E-state index in [1.807, 2.05) is 12.1 Å². The van der Waals surface area contributed by atoms with E-state index >= 15 is 0 Å². The Kier molecular flexibility index (Phi) is 9.33. The number of rotatable bonds is 10. The van der Waals surface area contributed by atoms with Gasteiger partial charge < -0.3 is 9.47 Å². The Morgan fingerprint density at radius 2 is 1.38 bits per heavy atom. The molecule has 0 unspecified atom stereocenters. The van der Waals surface area contributed by atoms with Crippen molar-refractivity contribution in [3.8, 4) is 11.5 Å². The Bertz CT molecular complexity index is 846. The first kappa shape index (κ1) is 24.0. The molecule has 0 saturated heterocycles. The minimum Gasteiger partial charge on any atom is -0.427 e. The SMILES string of the molecule is CCCCCCCC1CCC(c2ccc(C(=O)Oc3ccc(OC(C)=O)cc3)cc2)CC1. The van der Waals surface area contributed by atoms with Gasteiger partial charge in [-0.2, -0.15) is 0 Å². The highest BCUT2D eigenvalue weighted by atomic mass is 16.5. The van der Waals surface area contributed by atoms with Crippen LogP contribution in [-0.2, 0) is 4.79 Å². The van der Waals surface area contributed by atoms with Crippen LogP contribution < -0.4 is 9.47 Å². The topological polar surface area (TPSA) is 52.6 Å². The molecule has 1 fully saturated rings. The number of esters is 2. The number of unbranched alkanes of at least 4 members (excludes halogenated alkanes) is 4. The van der Waals surface area contributed by atoms with Crippen LogP contribution in [0.15, 0.2) is 48.5 Å². The standard InChI is InChI=1S/C28H36O4/c1-3-4-5-6-7-8-22-9-11-23(12-10-22)24-13-15-25(16-14-24)28(30)32-27-19-17-26(18-20-27)31-21(2)29/h13-20,22-23H,3-12H2,1-2H3. The van der Waals surface area contributed by atoms with Gasteiger partial charge in [0.1, 0.15) is 11.5 Å². The average Bonchev–Trinajstić information content (AvgIpc) is 2.80. The van der Waals surface area contributed by atoms with Crippen LogP contribution in [0, 0.1) is 5.92 Å². The van der Waals surface area contributed by atoms with Gasteiger partial charge in [0.25, 0.3) is 0 Å². The van der Waals surface area contributed by atoms with Crippen molar-refractivity contribution >= 4 is 11.9 Å². The maximum absolute atomic E-state index is 12.5. The molecule has 0 amide bonds. The molecular weight excluding hydrogens is 400 g/mol. The van der Waals surface area contributed by atoms with Crippen molar-refractivity contribution < 1.29 is 19.1 Å². The van der Waals surface area contributed by atoms with E-state index in [1.165, 1.54) is 76.7 Å². The summed E-state index contributed by atoms with van der Waals surface area (Å²) in [5.74, 6) is 1.57. The molecule has 3 rings (SSSR count). The molecule has 0 aromatic heterocycles. The van der Waals surface area contributed by atoms with Gasteiger partial charge >= 0.3 is 11.9 Å². The summed E-state index contributed by atoms with van der Waals surface area (Å²) < 4.78 is 10.4. The number of hydrogen-bond acceptors (Lipinski definition) is 4. The molecule has 0 N–H and O–H groups in total. The largest absolute Gasteiger partial charge is 0.427 e. The number of carbonyl (C=O) groups is 2. The van der Waals surface area contributed by atoms with E-state index in [0.29, 0.717) is 23.0 Å². The quantitative estimate of drug-likeness (QED) is 0.220. The summed E-state index contributed by atoms with van der Waals surface area (Å²) in [4.78, 5) is 23.5. The Labute approximate surface area is 192 Å². The summed E-state index contributed by atoms with van der Waals surface area (Å²) in [6.07, 6.45) is 13.4. The van der Waals surface area contributed by atoms with E-state index in [4.69, 9.17) is 9.47 Å². The Balaban J connectivity index is 1.44. The summed E-state index contributed by atoms with van der Waals surface area (Å²) in [5.41, 5.74) is 1.87. The summed E-state index contributed by atoms with van der Waals surface area (Å²) in [5, 5.41) is 0. The smallest absolute Gasteiger partial charge is 0.343 e. The van der Waals surface area contributed by atoms with Gasteiger partial charge in [0.2, 0.25) is 0 Å². The van der Waals surface area contributed by atoms with Crippen LogP contribution in [0.3, 0.4) is 0 Å². The minimum atomic E-state index is -0.386. The fourth-order valence-electron chi connectivity index (χ4n) is 4.62. The summed E-state index contributed by atoms with van der Waals surface area (Å²) in [6.45, 7) is 3.61. The van der Waals surface area contributed by atoms with Crippen LogP contribution in [0.5, 0.6) is 11.5 Å². The normalized spacial score (nSPS) is 18.2. The lowest BCUT2D eigenvalue weighted by Gasteiger charge is -2.29. The number of ether oxygens (including phenoxy) is 2. The molecule has 32 heavy (non-hydrogen) atoms. The van der Waals surface area contributed by atoms with Gasteiger partial charge in [-0.15, -0.1) is 0 Å². The molecule has 0 heterocycles. The summed E-state index contributed by atoms with van der Waals surface area (Å²) in [6, 6.07) is 14.3.